The molecular weight excluding hydrogens is 332 g/mol. The Morgan fingerprint density at radius 1 is 1.08 bits per heavy atom. The first-order valence-corrected chi connectivity index (χ1v) is 8.76. The molecule has 0 aliphatic heterocycles. The Balaban J connectivity index is 1.77. The number of benzene rings is 1. The number of carbonyl (C=O) groups is 2. The lowest BCUT2D eigenvalue weighted by Gasteiger charge is -2.21. The monoisotopic (exact) mass is 358 g/mol. The summed E-state index contributed by atoms with van der Waals surface area (Å²) in [5.74, 6) is 0.0511. The van der Waals surface area contributed by atoms with E-state index in [0.717, 1.165) is 24.5 Å². The zero-order valence-electron chi connectivity index (χ0n) is 15.4. The zero-order valence-corrected chi connectivity index (χ0v) is 15.4. The highest BCUT2D eigenvalue weighted by Crippen LogP contribution is 2.14. The molecule has 140 valence electrons. The Morgan fingerprint density at radius 3 is 2.35 bits per heavy atom. The van der Waals surface area contributed by atoms with Crippen molar-refractivity contribution in [2.24, 2.45) is 0 Å². The maximum Gasteiger partial charge on any atom is 0.269 e. The van der Waals surface area contributed by atoms with Gasteiger partial charge in [-0.25, -0.2) is 0 Å². The van der Waals surface area contributed by atoms with Crippen LogP contribution in [0.2, 0.25) is 0 Å². The van der Waals surface area contributed by atoms with Crippen LogP contribution in [0.25, 0.3) is 0 Å². The van der Waals surface area contributed by atoms with E-state index in [0.29, 0.717) is 5.56 Å². The Kier molecular flexibility index (Phi) is 7.23. The zero-order chi connectivity index (χ0) is 18.9. The molecule has 1 heterocycles. The Bertz CT molecular complexity index is 694. The fourth-order valence-corrected chi connectivity index (χ4v) is 2.54. The van der Waals surface area contributed by atoms with Crippen molar-refractivity contribution in [3.63, 3.8) is 0 Å². The molecule has 0 spiro atoms. The highest BCUT2D eigenvalue weighted by Gasteiger charge is 2.11. The molecule has 3 N–H and O–H groups in total. The maximum absolute atomic E-state index is 12.1. The Hall–Kier alpha value is -2.80. The molecule has 7 heteroatoms. The first-order chi connectivity index (χ1) is 12.5. The summed E-state index contributed by atoms with van der Waals surface area (Å²) in [7, 11) is 0. The van der Waals surface area contributed by atoms with E-state index >= 15 is 0 Å². The summed E-state index contributed by atoms with van der Waals surface area (Å²) in [4.78, 5) is 26.2. The predicted octanol–water partition coefficient (Wildman–Crippen LogP) is 2.24. The van der Waals surface area contributed by atoms with Crippen molar-refractivity contribution in [2.45, 2.75) is 26.8 Å². The molecule has 0 fully saturated rings. The number of hydrazine groups is 1. The molecule has 0 bridgehead atoms. The van der Waals surface area contributed by atoms with E-state index in [4.69, 9.17) is 4.42 Å². The smallest absolute Gasteiger partial charge is 0.269 e. The van der Waals surface area contributed by atoms with Gasteiger partial charge in [-0.2, -0.15) is 0 Å². The van der Waals surface area contributed by atoms with Crippen LogP contribution < -0.4 is 21.1 Å². The average molecular weight is 358 g/mol. The van der Waals surface area contributed by atoms with Gasteiger partial charge in [0.2, 0.25) is 0 Å². The van der Waals surface area contributed by atoms with Gasteiger partial charge in [-0.1, -0.05) is 0 Å². The number of anilines is 1. The van der Waals surface area contributed by atoms with Crippen LogP contribution in [-0.2, 0) is 4.79 Å². The van der Waals surface area contributed by atoms with Crippen molar-refractivity contribution < 1.29 is 14.0 Å². The molecule has 2 amide bonds. The minimum absolute atomic E-state index is 0.0586. The van der Waals surface area contributed by atoms with Gasteiger partial charge < -0.3 is 9.32 Å². The molecule has 1 atom stereocenters. The highest BCUT2D eigenvalue weighted by molar-refractivity contribution is 5.95. The topological polar surface area (TPSA) is 86.6 Å². The van der Waals surface area contributed by atoms with Gasteiger partial charge in [-0.3, -0.25) is 25.8 Å². The van der Waals surface area contributed by atoms with Crippen molar-refractivity contribution in [2.75, 3.05) is 24.5 Å². The summed E-state index contributed by atoms with van der Waals surface area (Å²) >= 11 is 0. The SMILES string of the molecule is CCN(CC)c1ccc(C(=O)NNC(=O)CN[C@H](C)c2ccco2)cc1. The second-order valence-corrected chi connectivity index (χ2v) is 5.84. The highest BCUT2D eigenvalue weighted by atomic mass is 16.3. The lowest BCUT2D eigenvalue weighted by atomic mass is 10.2. The second-order valence-electron chi connectivity index (χ2n) is 5.84. The fraction of sp³-hybridized carbons (Fsp3) is 0.368. The number of carbonyl (C=O) groups excluding carboxylic acids is 2. The quantitative estimate of drug-likeness (QED) is 0.630. The molecule has 26 heavy (non-hydrogen) atoms. The predicted molar refractivity (Wildman–Crippen MR) is 101 cm³/mol. The van der Waals surface area contributed by atoms with E-state index in [2.05, 4.69) is 34.9 Å². The molecule has 1 aromatic carbocycles. The van der Waals surface area contributed by atoms with Crippen molar-refractivity contribution in [3.05, 3.63) is 54.0 Å². The number of hydrogen-bond acceptors (Lipinski definition) is 5. The summed E-state index contributed by atoms with van der Waals surface area (Å²) in [6.45, 7) is 7.93. The summed E-state index contributed by atoms with van der Waals surface area (Å²) < 4.78 is 5.26. The van der Waals surface area contributed by atoms with E-state index < -0.39 is 0 Å². The number of amides is 2. The van der Waals surface area contributed by atoms with Crippen molar-refractivity contribution in [1.29, 1.82) is 0 Å². The number of rotatable bonds is 8. The molecule has 1 aromatic heterocycles. The summed E-state index contributed by atoms with van der Waals surface area (Å²) in [5, 5.41) is 3.02. The van der Waals surface area contributed by atoms with Gasteiger partial charge in [-0.05, 0) is 57.2 Å². The number of hydrogen-bond donors (Lipinski definition) is 3. The maximum atomic E-state index is 12.1. The molecule has 2 rings (SSSR count). The molecule has 0 radical (unpaired) electrons. The third-order valence-electron chi connectivity index (χ3n) is 4.11. The van der Waals surface area contributed by atoms with Crippen LogP contribution in [-0.4, -0.2) is 31.4 Å². The van der Waals surface area contributed by atoms with Crippen molar-refractivity contribution in [3.8, 4) is 0 Å². The van der Waals surface area contributed by atoms with E-state index in [1.54, 1.807) is 24.5 Å². The number of nitrogens with one attached hydrogen (secondary N) is 3. The largest absolute Gasteiger partial charge is 0.468 e. The van der Waals surface area contributed by atoms with Crippen LogP contribution in [0.15, 0.2) is 47.1 Å². The third-order valence-corrected chi connectivity index (χ3v) is 4.11. The molecular formula is C19H26N4O3. The van der Waals surface area contributed by atoms with Gasteiger partial charge in [0.05, 0.1) is 18.8 Å². The summed E-state index contributed by atoms with van der Waals surface area (Å²) in [6.07, 6.45) is 1.58. The van der Waals surface area contributed by atoms with Crippen LogP contribution in [0, 0.1) is 0 Å². The lowest BCUT2D eigenvalue weighted by Crippen LogP contribution is -2.45. The summed E-state index contributed by atoms with van der Waals surface area (Å²) in [5.41, 5.74) is 6.36. The van der Waals surface area contributed by atoms with E-state index in [1.807, 2.05) is 25.1 Å². The molecule has 0 saturated heterocycles. The molecule has 0 saturated carbocycles. The van der Waals surface area contributed by atoms with Crippen molar-refractivity contribution in [1.82, 2.24) is 16.2 Å². The Morgan fingerprint density at radius 2 is 1.77 bits per heavy atom. The average Bonchev–Trinajstić information content (AvgIpc) is 3.20. The molecule has 0 aliphatic rings. The van der Waals surface area contributed by atoms with E-state index in [1.165, 1.54) is 0 Å². The third kappa shape index (κ3) is 5.35. The minimum atomic E-state index is -0.358. The van der Waals surface area contributed by atoms with Crippen LogP contribution in [0.4, 0.5) is 5.69 Å². The van der Waals surface area contributed by atoms with Crippen LogP contribution in [0.5, 0.6) is 0 Å². The number of nitrogens with zero attached hydrogens (tertiary/aromatic N) is 1. The minimum Gasteiger partial charge on any atom is -0.468 e. The summed E-state index contributed by atoms with van der Waals surface area (Å²) in [6, 6.07) is 10.8. The van der Waals surface area contributed by atoms with Gasteiger partial charge in [0, 0.05) is 24.3 Å². The lowest BCUT2D eigenvalue weighted by molar-refractivity contribution is -0.121. The van der Waals surface area contributed by atoms with Gasteiger partial charge in [-0.15, -0.1) is 0 Å². The molecule has 0 unspecified atom stereocenters. The Labute approximate surface area is 153 Å². The molecule has 7 nitrogen and oxygen atoms in total. The normalized spacial score (nSPS) is 11.7. The van der Waals surface area contributed by atoms with E-state index in [-0.39, 0.29) is 24.4 Å². The second kappa shape index (κ2) is 9.62. The van der Waals surface area contributed by atoms with Gasteiger partial charge in [0.25, 0.3) is 11.8 Å². The van der Waals surface area contributed by atoms with Crippen LogP contribution in [0.3, 0.4) is 0 Å². The van der Waals surface area contributed by atoms with Gasteiger partial charge in [0.1, 0.15) is 5.76 Å². The molecule has 0 aliphatic carbocycles. The van der Waals surface area contributed by atoms with E-state index in [9.17, 15) is 9.59 Å². The van der Waals surface area contributed by atoms with Gasteiger partial charge in [0.15, 0.2) is 0 Å². The first-order valence-electron chi connectivity index (χ1n) is 8.76. The van der Waals surface area contributed by atoms with Gasteiger partial charge >= 0.3 is 0 Å². The van der Waals surface area contributed by atoms with Crippen LogP contribution in [0.1, 0.15) is 42.9 Å². The fourth-order valence-electron chi connectivity index (χ4n) is 2.54. The standard InChI is InChI=1S/C19H26N4O3/c1-4-23(5-2)16-10-8-15(9-11-16)19(25)22-21-18(24)13-20-14(3)17-7-6-12-26-17/h6-12,14,20H,4-5,13H2,1-3H3,(H,21,24)(H,22,25)/t14-/m1/s1. The van der Waals surface area contributed by atoms with Crippen molar-refractivity contribution >= 4 is 17.5 Å². The molecule has 2 aromatic rings. The number of furan rings is 1. The van der Waals surface area contributed by atoms with Crippen LogP contribution >= 0.6 is 0 Å². The first kappa shape index (κ1) is 19.5.